The topological polar surface area (TPSA) is 75.4 Å². The molecular formula is C18H14F6N2O2. The van der Waals surface area contributed by atoms with Gasteiger partial charge in [-0.05, 0) is 16.7 Å². The summed E-state index contributed by atoms with van der Waals surface area (Å²) in [4.78, 5) is 12.2. The molecule has 0 spiro atoms. The number of hydrogen-bond acceptors (Lipinski definition) is 3. The first-order chi connectivity index (χ1) is 12.9. The van der Waals surface area contributed by atoms with E-state index in [-0.39, 0.29) is 12.1 Å². The monoisotopic (exact) mass is 404 g/mol. The number of rotatable bonds is 3. The third-order valence-corrected chi connectivity index (χ3v) is 4.89. The van der Waals surface area contributed by atoms with E-state index in [0.29, 0.717) is 23.3 Å². The van der Waals surface area contributed by atoms with Crippen LogP contribution in [-0.2, 0) is 22.5 Å². The maximum atomic E-state index is 13.0. The molecule has 1 heterocycles. The Morgan fingerprint density at radius 3 is 2.00 bits per heavy atom. The number of halogens is 6. The minimum Gasteiger partial charge on any atom is -0.369 e. The minimum absolute atomic E-state index is 0.0559. The lowest BCUT2D eigenvalue weighted by Gasteiger charge is -2.33. The van der Waals surface area contributed by atoms with Crippen molar-refractivity contribution in [2.24, 2.45) is 5.73 Å². The number of alkyl halides is 6. The average molecular weight is 404 g/mol. The molecule has 1 aliphatic heterocycles. The molecule has 0 saturated heterocycles. The highest BCUT2D eigenvalue weighted by molar-refractivity contribution is 5.91. The Labute approximate surface area is 155 Å². The zero-order valence-electron chi connectivity index (χ0n) is 14.0. The number of nitrogens with one attached hydrogen (secondary N) is 1. The predicted octanol–water partition coefficient (Wildman–Crippen LogP) is 2.83. The van der Waals surface area contributed by atoms with Gasteiger partial charge in [0.15, 0.2) is 0 Å². The first kappa shape index (κ1) is 20.2. The summed E-state index contributed by atoms with van der Waals surface area (Å²) in [7, 11) is 0. The van der Waals surface area contributed by atoms with Crippen molar-refractivity contribution in [1.29, 1.82) is 0 Å². The number of carbonyl (C=O) groups is 1. The molecule has 1 atom stereocenters. The second kappa shape index (κ2) is 6.21. The van der Waals surface area contributed by atoms with Gasteiger partial charge in [-0.25, -0.2) is 0 Å². The summed E-state index contributed by atoms with van der Waals surface area (Å²) in [5, 5.41) is 12.4. The van der Waals surface area contributed by atoms with Crippen molar-refractivity contribution in [3.63, 3.8) is 0 Å². The molecule has 4 nitrogen and oxygen atoms in total. The van der Waals surface area contributed by atoms with Crippen molar-refractivity contribution in [3.05, 3.63) is 70.8 Å². The molecule has 0 aliphatic carbocycles. The van der Waals surface area contributed by atoms with Crippen molar-refractivity contribution >= 4 is 5.91 Å². The molecule has 1 amide bonds. The van der Waals surface area contributed by atoms with Gasteiger partial charge in [0.05, 0.1) is 0 Å². The maximum absolute atomic E-state index is 13.0. The van der Waals surface area contributed by atoms with Crippen LogP contribution in [-0.4, -0.2) is 23.4 Å². The number of hydrogen-bond donors (Lipinski definition) is 3. The summed E-state index contributed by atoms with van der Waals surface area (Å²) >= 11 is 0. The van der Waals surface area contributed by atoms with Gasteiger partial charge in [-0.2, -0.15) is 26.3 Å². The fourth-order valence-corrected chi connectivity index (χ4v) is 3.43. The smallest absolute Gasteiger partial charge is 0.369 e. The Bertz CT molecular complexity index is 894. The summed E-state index contributed by atoms with van der Waals surface area (Å²) in [5.41, 5.74) is -1.31. The van der Waals surface area contributed by atoms with Crippen LogP contribution in [0.4, 0.5) is 26.3 Å². The SMILES string of the molecule is NC(=O)C1(c2ccc(C(O)(C(F)(F)F)C(F)(F)F)cc2)NCc2ccccc21. The fourth-order valence-electron chi connectivity index (χ4n) is 3.43. The molecule has 150 valence electrons. The first-order valence-corrected chi connectivity index (χ1v) is 7.96. The average Bonchev–Trinajstić information content (AvgIpc) is 3.00. The summed E-state index contributed by atoms with van der Waals surface area (Å²) in [5.74, 6) is -0.868. The normalized spacial score (nSPS) is 20.1. The lowest BCUT2D eigenvalue weighted by Crippen LogP contribution is -2.54. The van der Waals surface area contributed by atoms with Crippen LogP contribution in [0.25, 0.3) is 0 Å². The Morgan fingerprint density at radius 1 is 0.964 bits per heavy atom. The van der Waals surface area contributed by atoms with E-state index in [2.05, 4.69) is 5.32 Å². The van der Waals surface area contributed by atoms with Crippen LogP contribution in [0.2, 0.25) is 0 Å². The third kappa shape index (κ3) is 2.67. The number of aliphatic hydroxyl groups is 1. The molecule has 1 aliphatic rings. The molecule has 0 bridgehead atoms. The molecule has 1 unspecified atom stereocenters. The van der Waals surface area contributed by atoms with E-state index in [4.69, 9.17) is 5.73 Å². The number of nitrogens with two attached hydrogens (primary N) is 1. The van der Waals surface area contributed by atoms with E-state index in [1.165, 1.54) is 0 Å². The maximum Gasteiger partial charge on any atom is 0.430 e. The first-order valence-electron chi connectivity index (χ1n) is 7.96. The zero-order chi connectivity index (χ0) is 21.0. The Morgan fingerprint density at radius 2 is 1.50 bits per heavy atom. The van der Waals surface area contributed by atoms with Gasteiger partial charge in [-0.3, -0.25) is 10.1 Å². The highest BCUT2D eigenvalue weighted by Crippen LogP contribution is 2.50. The van der Waals surface area contributed by atoms with Crippen molar-refractivity contribution in [1.82, 2.24) is 5.32 Å². The minimum atomic E-state index is -5.99. The van der Waals surface area contributed by atoms with E-state index < -0.39 is 35.0 Å². The van der Waals surface area contributed by atoms with Gasteiger partial charge >= 0.3 is 12.4 Å². The van der Waals surface area contributed by atoms with Crippen molar-refractivity contribution < 1.29 is 36.2 Å². The lowest BCUT2D eigenvalue weighted by atomic mass is 9.81. The molecule has 0 radical (unpaired) electrons. The second-order valence-corrected chi connectivity index (χ2v) is 6.41. The molecule has 4 N–H and O–H groups in total. The highest BCUT2D eigenvalue weighted by atomic mass is 19.4. The van der Waals surface area contributed by atoms with E-state index in [1.807, 2.05) is 0 Å². The van der Waals surface area contributed by atoms with E-state index in [9.17, 15) is 36.2 Å². The summed E-state index contributed by atoms with van der Waals surface area (Å²) < 4.78 is 78.2. The molecule has 2 aromatic carbocycles. The summed E-state index contributed by atoms with van der Waals surface area (Å²) in [6.07, 6.45) is -12.0. The number of primary amides is 1. The fraction of sp³-hybridized carbons (Fsp3) is 0.278. The van der Waals surface area contributed by atoms with Crippen LogP contribution < -0.4 is 11.1 Å². The van der Waals surface area contributed by atoms with Crippen LogP contribution >= 0.6 is 0 Å². The number of fused-ring (bicyclic) bond motifs is 1. The van der Waals surface area contributed by atoms with Gasteiger partial charge < -0.3 is 10.8 Å². The molecule has 28 heavy (non-hydrogen) atoms. The van der Waals surface area contributed by atoms with Crippen molar-refractivity contribution in [2.75, 3.05) is 0 Å². The van der Waals surface area contributed by atoms with Crippen LogP contribution in [0.1, 0.15) is 22.3 Å². The van der Waals surface area contributed by atoms with E-state index in [1.54, 1.807) is 24.3 Å². The molecule has 10 heteroatoms. The number of carbonyl (C=O) groups excluding carboxylic acids is 1. The molecular weight excluding hydrogens is 390 g/mol. The van der Waals surface area contributed by atoms with Gasteiger partial charge in [0, 0.05) is 12.1 Å². The van der Waals surface area contributed by atoms with Crippen LogP contribution in [0.3, 0.4) is 0 Å². The number of amides is 1. The van der Waals surface area contributed by atoms with Crippen molar-refractivity contribution in [3.8, 4) is 0 Å². The van der Waals surface area contributed by atoms with Crippen molar-refractivity contribution in [2.45, 2.75) is 30.0 Å². The second-order valence-electron chi connectivity index (χ2n) is 6.41. The predicted molar refractivity (Wildman–Crippen MR) is 85.7 cm³/mol. The van der Waals surface area contributed by atoms with Crippen LogP contribution in [0.5, 0.6) is 0 Å². The Balaban J connectivity index is 2.14. The summed E-state index contributed by atoms with van der Waals surface area (Å²) in [6.45, 7) is 0.232. The van der Waals surface area contributed by atoms with Crippen LogP contribution in [0.15, 0.2) is 48.5 Å². The molecule has 0 aromatic heterocycles. The summed E-state index contributed by atoms with van der Waals surface area (Å²) in [6, 6.07) is 9.46. The largest absolute Gasteiger partial charge is 0.430 e. The van der Waals surface area contributed by atoms with Gasteiger partial charge in [-0.15, -0.1) is 0 Å². The lowest BCUT2D eigenvalue weighted by molar-refractivity contribution is -0.376. The van der Waals surface area contributed by atoms with Crippen LogP contribution in [0, 0.1) is 0 Å². The highest BCUT2D eigenvalue weighted by Gasteiger charge is 2.71. The quantitative estimate of drug-likeness (QED) is 0.689. The van der Waals surface area contributed by atoms with Gasteiger partial charge in [0.25, 0.3) is 5.60 Å². The molecule has 3 rings (SSSR count). The van der Waals surface area contributed by atoms with E-state index >= 15 is 0 Å². The van der Waals surface area contributed by atoms with Gasteiger partial charge in [0.2, 0.25) is 5.91 Å². The third-order valence-electron chi connectivity index (χ3n) is 4.89. The van der Waals surface area contributed by atoms with E-state index in [0.717, 1.165) is 12.1 Å². The zero-order valence-corrected chi connectivity index (χ0v) is 14.0. The standard InChI is InChI=1S/C18H14F6N2O2/c19-17(20,21)16(28,18(22,23)24)12-7-5-11(6-8-12)15(14(25)27)13-4-2-1-3-10(13)9-26-15/h1-8,26,28H,9H2,(H2,25,27). The Kier molecular flexibility index (Phi) is 4.47. The molecule has 0 saturated carbocycles. The number of benzene rings is 2. The van der Waals surface area contributed by atoms with Gasteiger partial charge in [-0.1, -0.05) is 48.5 Å². The molecule has 0 fully saturated rings. The molecule has 2 aromatic rings. The Hall–Kier alpha value is -2.59. The van der Waals surface area contributed by atoms with Gasteiger partial charge in [0.1, 0.15) is 5.54 Å².